The Kier molecular flexibility index (Phi) is 4.48. The molecular formula is C13H16N2O3. The summed E-state index contributed by atoms with van der Waals surface area (Å²) < 4.78 is 4.46. The minimum atomic E-state index is -0.721. The van der Waals surface area contributed by atoms with Crippen molar-refractivity contribution in [3.8, 4) is 0 Å². The second-order valence-electron chi connectivity index (χ2n) is 3.89. The van der Waals surface area contributed by atoms with Crippen LogP contribution in [0.1, 0.15) is 11.1 Å². The summed E-state index contributed by atoms with van der Waals surface area (Å²) in [5.74, 6) is -1.36. The number of benzene rings is 1. The number of amides is 1. The second-order valence-corrected chi connectivity index (χ2v) is 3.89. The molecular weight excluding hydrogens is 232 g/mol. The lowest BCUT2D eigenvalue weighted by Gasteiger charge is -2.11. The van der Waals surface area contributed by atoms with Crippen LogP contribution < -0.4 is 11.1 Å². The van der Waals surface area contributed by atoms with E-state index in [1.54, 1.807) is 0 Å². The van der Waals surface area contributed by atoms with E-state index in [1.165, 1.54) is 7.11 Å². The van der Waals surface area contributed by atoms with Crippen LogP contribution in [0, 0.1) is 13.8 Å². The SMILES string of the molecule is COC(=O)/C=C(\Nc1cc(C)ccc1C)C(N)=O. The zero-order chi connectivity index (χ0) is 13.7. The third-order valence-corrected chi connectivity index (χ3v) is 2.39. The highest BCUT2D eigenvalue weighted by Gasteiger charge is 2.10. The lowest BCUT2D eigenvalue weighted by atomic mass is 10.1. The predicted molar refractivity (Wildman–Crippen MR) is 68.8 cm³/mol. The average Bonchev–Trinajstić information content (AvgIpc) is 2.32. The van der Waals surface area contributed by atoms with Crippen molar-refractivity contribution in [1.29, 1.82) is 0 Å². The molecule has 0 saturated carbocycles. The van der Waals surface area contributed by atoms with Crippen molar-refractivity contribution in [2.45, 2.75) is 13.8 Å². The van der Waals surface area contributed by atoms with Crippen LogP contribution in [0.5, 0.6) is 0 Å². The summed E-state index contributed by atoms with van der Waals surface area (Å²) in [4.78, 5) is 22.4. The van der Waals surface area contributed by atoms with E-state index >= 15 is 0 Å². The van der Waals surface area contributed by atoms with Crippen LogP contribution in [0.3, 0.4) is 0 Å². The standard InChI is InChI=1S/C13H16N2O3/c1-8-4-5-9(2)10(6-8)15-11(13(14)17)7-12(16)18-3/h4-7,15H,1-3H3,(H2,14,17)/b11-7-. The van der Waals surface area contributed by atoms with Crippen molar-refractivity contribution in [3.63, 3.8) is 0 Å². The number of carbonyl (C=O) groups excluding carboxylic acids is 2. The van der Waals surface area contributed by atoms with Gasteiger partial charge in [-0.05, 0) is 31.0 Å². The third-order valence-electron chi connectivity index (χ3n) is 2.39. The van der Waals surface area contributed by atoms with Gasteiger partial charge in [0.2, 0.25) is 0 Å². The van der Waals surface area contributed by atoms with Crippen molar-refractivity contribution in [3.05, 3.63) is 41.1 Å². The Bertz CT molecular complexity index is 507. The Morgan fingerprint density at radius 1 is 1.33 bits per heavy atom. The molecule has 0 radical (unpaired) electrons. The number of hydrogen-bond acceptors (Lipinski definition) is 4. The van der Waals surface area contributed by atoms with E-state index in [9.17, 15) is 9.59 Å². The molecule has 96 valence electrons. The molecule has 3 N–H and O–H groups in total. The van der Waals surface area contributed by atoms with Gasteiger partial charge in [0, 0.05) is 5.69 Å². The van der Waals surface area contributed by atoms with Crippen LogP contribution in [0.15, 0.2) is 30.0 Å². The van der Waals surface area contributed by atoms with Gasteiger partial charge in [0.15, 0.2) is 0 Å². The molecule has 0 aliphatic heterocycles. The molecule has 0 bridgehead atoms. The lowest BCUT2D eigenvalue weighted by molar-refractivity contribution is -0.135. The Labute approximate surface area is 106 Å². The molecule has 0 spiro atoms. The molecule has 0 atom stereocenters. The molecule has 1 aromatic carbocycles. The molecule has 5 heteroatoms. The molecule has 0 aliphatic carbocycles. The van der Waals surface area contributed by atoms with Gasteiger partial charge in [0.05, 0.1) is 13.2 Å². The van der Waals surface area contributed by atoms with E-state index in [0.29, 0.717) is 0 Å². The number of nitrogens with two attached hydrogens (primary N) is 1. The van der Waals surface area contributed by atoms with E-state index < -0.39 is 11.9 Å². The number of nitrogens with one attached hydrogen (secondary N) is 1. The number of ether oxygens (including phenoxy) is 1. The van der Waals surface area contributed by atoms with Crippen LogP contribution >= 0.6 is 0 Å². The van der Waals surface area contributed by atoms with Gasteiger partial charge in [0.25, 0.3) is 5.91 Å². The maximum Gasteiger partial charge on any atom is 0.332 e. The highest BCUT2D eigenvalue weighted by atomic mass is 16.5. The predicted octanol–water partition coefficient (Wildman–Crippen LogP) is 1.26. The van der Waals surface area contributed by atoms with Crippen LogP contribution in [-0.4, -0.2) is 19.0 Å². The van der Waals surface area contributed by atoms with Gasteiger partial charge in [0.1, 0.15) is 5.70 Å². The highest BCUT2D eigenvalue weighted by Crippen LogP contribution is 2.18. The van der Waals surface area contributed by atoms with E-state index in [4.69, 9.17) is 5.73 Å². The van der Waals surface area contributed by atoms with E-state index in [0.717, 1.165) is 22.9 Å². The van der Waals surface area contributed by atoms with Gasteiger partial charge in [-0.15, -0.1) is 0 Å². The highest BCUT2D eigenvalue weighted by molar-refractivity contribution is 6.00. The van der Waals surface area contributed by atoms with Gasteiger partial charge >= 0.3 is 5.97 Å². The number of aryl methyl sites for hydroxylation is 2. The number of esters is 1. The van der Waals surface area contributed by atoms with Crippen molar-refractivity contribution in [2.24, 2.45) is 5.73 Å². The van der Waals surface area contributed by atoms with Gasteiger partial charge in [-0.3, -0.25) is 4.79 Å². The molecule has 0 unspecified atom stereocenters. The van der Waals surface area contributed by atoms with Crippen molar-refractivity contribution >= 4 is 17.6 Å². The summed E-state index contributed by atoms with van der Waals surface area (Å²) in [6, 6.07) is 5.73. The molecule has 1 rings (SSSR count). The van der Waals surface area contributed by atoms with Gasteiger partial charge in [-0.25, -0.2) is 4.79 Å². The second kappa shape index (κ2) is 5.86. The number of anilines is 1. The van der Waals surface area contributed by atoms with Gasteiger partial charge in [-0.2, -0.15) is 0 Å². The summed E-state index contributed by atoms with van der Waals surface area (Å²) in [7, 11) is 1.23. The monoisotopic (exact) mass is 248 g/mol. The van der Waals surface area contributed by atoms with Crippen LogP contribution in [0.2, 0.25) is 0 Å². The first-order valence-corrected chi connectivity index (χ1v) is 5.37. The van der Waals surface area contributed by atoms with Crippen LogP contribution in [-0.2, 0) is 14.3 Å². The normalized spacial score (nSPS) is 10.9. The Balaban J connectivity index is 3.04. The van der Waals surface area contributed by atoms with E-state index in [1.807, 2.05) is 32.0 Å². The molecule has 1 amide bonds. The number of hydrogen-bond donors (Lipinski definition) is 2. The summed E-state index contributed by atoms with van der Waals surface area (Å²) in [6.45, 7) is 3.82. The molecule has 0 fully saturated rings. The number of primary amides is 1. The Morgan fingerprint density at radius 2 is 2.00 bits per heavy atom. The molecule has 0 saturated heterocycles. The zero-order valence-electron chi connectivity index (χ0n) is 10.6. The fourth-order valence-electron chi connectivity index (χ4n) is 1.36. The van der Waals surface area contributed by atoms with Crippen LogP contribution in [0.25, 0.3) is 0 Å². The number of carbonyl (C=O) groups is 2. The van der Waals surface area contributed by atoms with Crippen molar-refractivity contribution < 1.29 is 14.3 Å². The molecule has 18 heavy (non-hydrogen) atoms. The smallest absolute Gasteiger partial charge is 0.332 e. The Morgan fingerprint density at radius 3 is 2.56 bits per heavy atom. The van der Waals surface area contributed by atoms with Gasteiger partial charge in [-0.1, -0.05) is 12.1 Å². The third kappa shape index (κ3) is 3.62. The minimum Gasteiger partial charge on any atom is -0.466 e. The lowest BCUT2D eigenvalue weighted by Crippen LogP contribution is -2.21. The summed E-state index contributed by atoms with van der Waals surface area (Å²) in [5.41, 5.74) is 7.89. The summed E-state index contributed by atoms with van der Waals surface area (Å²) >= 11 is 0. The fraction of sp³-hybridized carbons (Fsp3) is 0.231. The van der Waals surface area contributed by atoms with E-state index in [2.05, 4.69) is 10.1 Å². The minimum absolute atomic E-state index is 0.00412. The van der Waals surface area contributed by atoms with Crippen molar-refractivity contribution in [1.82, 2.24) is 0 Å². The zero-order valence-corrected chi connectivity index (χ0v) is 10.6. The molecule has 0 heterocycles. The summed E-state index contributed by atoms with van der Waals surface area (Å²) in [6.07, 6.45) is 1.03. The quantitative estimate of drug-likeness (QED) is 0.620. The summed E-state index contributed by atoms with van der Waals surface area (Å²) in [5, 5.41) is 2.84. The molecule has 1 aromatic rings. The van der Waals surface area contributed by atoms with Gasteiger partial charge < -0.3 is 15.8 Å². The van der Waals surface area contributed by atoms with E-state index in [-0.39, 0.29) is 5.70 Å². The van der Waals surface area contributed by atoms with Crippen LogP contribution in [0.4, 0.5) is 5.69 Å². The maximum absolute atomic E-state index is 11.2. The molecule has 5 nitrogen and oxygen atoms in total. The number of rotatable bonds is 4. The Hall–Kier alpha value is -2.30. The largest absolute Gasteiger partial charge is 0.466 e. The topological polar surface area (TPSA) is 81.4 Å². The first kappa shape index (κ1) is 13.8. The fourth-order valence-corrected chi connectivity index (χ4v) is 1.36. The molecule has 0 aliphatic rings. The number of methoxy groups -OCH3 is 1. The van der Waals surface area contributed by atoms with Crippen molar-refractivity contribution in [2.75, 3.05) is 12.4 Å². The molecule has 0 aromatic heterocycles. The first-order chi connectivity index (χ1) is 8.43. The maximum atomic E-state index is 11.2. The first-order valence-electron chi connectivity index (χ1n) is 5.37. The average molecular weight is 248 g/mol.